The van der Waals surface area contributed by atoms with Gasteiger partial charge in [0.05, 0.1) is 0 Å². The molecule has 2 aliphatic carbocycles. The van der Waals surface area contributed by atoms with Crippen LogP contribution in [-0.2, 0) is 11.2 Å². The minimum Gasteiger partial charge on any atom is -0.508 e. The third-order valence-electron chi connectivity index (χ3n) is 8.03. The normalized spacial score (nSPS) is 30.8. The zero-order valence-electron chi connectivity index (χ0n) is 19.1. The van der Waals surface area contributed by atoms with E-state index in [9.17, 15) is 9.90 Å². The molecule has 0 aromatic heterocycles. The van der Waals surface area contributed by atoms with E-state index in [4.69, 9.17) is 0 Å². The van der Waals surface area contributed by atoms with Crippen molar-refractivity contribution in [3.05, 3.63) is 41.5 Å². The van der Waals surface area contributed by atoms with Gasteiger partial charge >= 0.3 is 0 Å². The number of aromatic hydroxyl groups is 1. The molecule has 1 aromatic carbocycles. The summed E-state index contributed by atoms with van der Waals surface area (Å²) in [7, 11) is 0. The molecule has 2 aliphatic rings. The maximum atomic E-state index is 12.9. The number of aryl methyl sites for hydroxylation is 2. The van der Waals surface area contributed by atoms with Crippen LogP contribution in [0.2, 0.25) is 0 Å². The van der Waals surface area contributed by atoms with Crippen molar-refractivity contribution in [1.29, 1.82) is 0 Å². The van der Waals surface area contributed by atoms with Gasteiger partial charge in [-0.1, -0.05) is 45.9 Å². The van der Waals surface area contributed by atoms with Crippen molar-refractivity contribution in [1.82, 2.24) is 0 Å². The van der Waals surface area contributed by atoms with Gasteiger partial charge in [-0.25, -0.2) is 0 Å². The molecule has 0 radical (unpaired) electrons. The van der Waals surface area contributed by atoms with Crippen molar-refractivity contribution in [3.63, 3.8) is 0 Å². The number of rotatable bonds is 7. The molecular weight excluding hydrogens is 356 g/mol. The molecule has 0 bridgehead atoms. The molecule has 2 saturated carbocycles. The summed E-state index contributed by atoms with van der Waals surface area (Å²) in [6, 6.07) is 5.60. The summed E-state index contributed by atoms with van der Waals surface area (Å²) in [5, 5.41) is 9.85. The molecule has 3 rings (SSSR count). The van der Waals surface area contributed by atoms with Crippen LogP contribution in [0.25, 0.3) is 0 Å². The highest BCUT2D eigenvalue weighted by molar-refractivity contribution is 5.82. The predicted molar refractivity (Wildman–Crippen MR) is 121 cm³/mol. The maximum Gasteiger partial charge on any atom is 0.136 e. The first-order valence-corrected chi connectivity index (χ1v) is 11.7. The van der Waals surface area contributed by atoms with Gasteiger partial charge < -0.3 is 5.11 Å². The van der Waals surface area contributed by atoms with Crippen LogP contribution < -0.4 is 0 Å². The standard InChI is InChI=1S/C27H40O2/c1-18(2)7-6-8-20(4)24-13-14-25-23(26(29)15-16-27(24,25)5)12-10-21-17-22(28)11-9-19(21)3/h6,8-9,11,17-18,20,23-25,28H,7,10,12-16H2,1-5H3/t20-,23+,24-,25+,27-/m1/s1. The lowest BCUT2D eigenvalue weighted by atomic mass is 9.58. The molecule has 160 valence electrons. The lowest BCUT2D eigenvalue weighted by molar-refractivity contribution is -0.132. The zero-order chi connectivity index (χ0) is 21.2. The Hall–Kier alpha value is -1.57. The minimum absolute atomic E-state index is 0.187. The second-order valence-corrected chi connectivity index (χ2v) is 10.4. The summed E-state index contributed by atoms with van der Waals surface area (Å²) in [6.45, 7) is 11.5. The van der Waals surface area contributed by atoms with Crippen LogP contribution in [0.3, 0.4) is 0 Å². The van der Waals surface area contributed by atoms with Crippen molar-refractivity contribution >= 4 is 5.78 Å². The van der Waals surface area contributed by atoms with Crippen LogP contribution in [0.5, 0.6) is 5.75 Å². The highest BCUT2D eigenvalue weighted by Gasteiger charge is 2.54. The van der Waals surface area contributed by atoms with Crippen molar-refractivity contribution in [2.75, 3.05) is 0 Å². The van der Waals surface area contributed by atoms with E-state index >= 15 is 0 Å². The summed E-state index contributed by atoms with van der Waals surface area (Å²) in [5.74, 6) is 3.50. The van der Waals surface area contributed by atoms with Crippen LogP contribution >= 0.6 is 0 Å². The average molecular weight is 397 g/mol. The third kappa shape index (κ3) is 4.78. The topological polar surface area (TPSA) is 37.3 Å². The van der Waals surface area contributed by atoms with Gasteiger partial charge in [-0.05, 0) is 97.8 Å². The number of fused-ring (bicyclic) bond motifs is 1. The van der Waals surface area contributed by atoms with Gasteiger partial charge in [-0.15, -0.1) is 0 Å². The Balaban J connectivity index is 1.71. The number of carbonyl (C=O) groups excluding carboxylic acids is 1. The molecule has 2 fully saturated rings. The summed E-state index contributed by atoms with van der Waals surface area (Å²) in [6.07, 6.45) is 12.0. The summed E-state index contributed by atoms with van der Waals surface area (Å²) in [4.78, 5) is 12.9. The number of benzene rings is 1. The predicted octanol–water partition coefficient (Wildman–Crippen LogP) is 6.88. The van der Waals surface area contributed by atoms with Gasteiger partial charge in [0, 0.05) is 12.3 Å². The number of phenols is 1. The van der Waals surface area contributed by atoms with Crippen molar-refractivity contribution in [3.8, 4) is 5.75 Å². The first kappa shape index (κ1) is 22.1. The molecule has 2 nitrogen and oxygen atoms in total. The zero-order valence-corrected chi connectivity index (χ0v) is 19.1. The Labute approximate surface area is 177 Å². The molecular formula is C27H40O2. The number of phenolic OH excluding ortho intramolecular Hbond substituents is 1. The van der Waals surface area contributed by atoms with E-state index in [2.05, 4.69) is 46.8 Å². The van der Waals surface area contributed by atoms with E-state index < -0.39 is 0 Å². The molecule has 1 aromatic rings. The van der Waals surface area contributed by atoms with E-state index in [-0.39, 0.29) is 11.3 Å². The van der Waals surface area contributed by atoms with Gasteiger partial charge in [0.25, 0.3) is 0 Å². The lowest BCUT2D eigenvalue weighted by Gasteiger charge is -2.46. The highest BCUT2D eigenvalue weighted by atomic mass is 16.3. The largest absolute Gasteiger partial charge is 0.508 e. The van der Waals surface area contributed by atoms with Gasteiger partial charge in [0.15, 0.2) is 0 Å². The lowest BCUT2D eigenvalue weighted by Crippen LogP contribution is -2.43. The fourth-order valence-electron chi connectivity index (χ4n) is 6.29. The Kier molecular flexibility index (Phi) is 6.91. The smallest absolute Gasteiger partial charge is 0.136 e. The quantitative estimate of drug-likeness (QED) is 0.510. The summed E-state index contributed by atoms with van der Waals surface area (Å²) >= 11 is 0. The molecule has 1 N–H and O–H groups in total. The van der Waals surface area contributed by atoms with Gasteiger partial charge in [0.2, 0.25) is 0 Å². The molecule has 29 heavy (non-hydrogen) atoms. The van der Waals surface area contributed by atoms with E-state index in [1.165, 1.54) is 24.0 Å². The van der Waals surface area contributed by atoms with Crippen LogP contribution in [0.15, 0.2) is 30.4 Å². The minimum atomic E-state index is 0.187. The van der Waals surface area contributed by atoms with E-state index in [1.54, 1.807) is 6.07 Å². The monoisotopic (exact) mass is 396 g/mol. The second kappa shape index (κ2) is 9.06. The van der Waals surface area contributed by atoms with E-state index in [1.807, 2.05) is 12.1 Å². The number of hydrogen-bond acceptors (Lipinski definition) is 2. The molecule has 0 spiro atoms. The Morgan fingerprint density at radius 2 is 2.00 bits per heavy atom. The first-order chi connectivity index (χ1) is 13.7. The SMILES string of the molecule is Cc1ccc(O)cc1CC[C@@H]1C(=O)CC[C@]2(C)[C@@H]([C@H](C)C=CCC(C)C)CC[C@@H]12. The first-order valence-electron chi connectivity index (χ1n) is 11.7. The van der Waals surface area contributed by atoms with Crippen molar-refractivity contribution in [2.24, 2.45) is 35.0 Å². The maximum absolute atomic E-state index is 12.9. The molecule has 0 unspecified atom stereocenters. The van der Waals surface area contributed by atoms with Gasteiger partial charge in [-0.3, -0.25) is 4.79 Å². The fourth-order valence-corrected chi connectivity index (χ4v) is 6.29. The average Bonchev–Trinajstić information content (AvgIpc) is 3.01. The number of carbonyl (C=O) groups is 1. The van der Waals surface area contributed by atoms with Crippen LogP contribution in [0.4, 0.5) is 0 Å². The fraction of sp³-hybridized carbons (Fsp3) is 0.667. The number of ketones is 1. The Morgan fingerprint density at radius 3 is 2.72 bits per heavy atom. The van der Waals surface area contributed by atoms with Crippen LogP contribution in [0.1, 0.15) is 77.3 Å². The molecule has 2 heteroatoms. The van der Waals surface area contributed by atoms with Crippen molar-refractivity contribution in [2.45, 2.75) is 79.6 Å². The van der Waals surface area contributed by atoms with E-state index in [0.29, 0.717) is 35.2 Å². The van der Waals surface area contributed by atoms with Crippen LogP contribution in [-0.4, -0.2) is 10.9 Å². The van der Waals surface area contributed by atoms with Gasteiger partial charge in [0.1, 0.15) is 11.5 Å². The van der Waals surface area contributed by atoms with Gasteiger partial charge in [-0.2, -0.15) is 0 Å². The number of hydrogen-bond donors (Lipinski definition) is 1. The molecule has 0 aliphatic heterocycles. The Morgan fingerprint density at radius 1 is 1.24 bits per heavy atom. The number of allylic oxidation sites excluding steroid dienone is 2. The van der Waals surface area contributed by atoms with Crippen LogP contribution in [0, 0.1) is 41.9 Å². The molecule has 0 saturated heterocycles. The molecule has 0 heterocycles. The summed E-state index contributed by atoms with van der Waals surface area (Å²) in [5.41, 5.74) is 2.68. The summed E-state index contributed by atoms with van der Waals surface area (Å²) < 4.78 is 0. The third-order valence-corrected chi connectivity index (χ3v) is 8.03. The highest BCUT2D eigenvalue weighted by Crippen LogP contribution is 2.59. The molecule has 0 amide bonds. The Bertz CT molecular complexity index is 747. The molecule has 5 atom stereocenters. The number of Topliss-reactive ketones (excluding diaryl/α,β-unsaturated/α-hetero) is 1. The second-order valence-electron chi connectivity index (χ2n) is 10.4. The van der Waals surface area contributed by atoms with Crippen molar-refractivity contribution < 1.29 is 9.90 Å². The van der Waals surface area contributed by atoms with E-state index in [0.717, 1.165) is 32.1 Å².